The second kappa shape index (κ2) is 7.46. The fourth-order valence-corrected chi connectivity index (χ4v) is 2.87. The van der Waals surface area contributed by atoms with Crippen LogP contribution in [0, 0.1) is 23.3 Å². The smallest absolute Gasteiger partial charge is 0.343 e. The number of methoxy groups -OCH3 is 1. The molecule has 0 bridgehead atoms. The highest BCUT2D eigenvalue weighted by molar-refractivity contribution is 5.96. The number of hydrogen-bond acceptors (Lipinski definition) is 5. The predicted molar refractivity (Wildman–Crippen MR) is 96.3 cm³/mol. The van der Waals surface area contributed by atoms with Crippen molar-refractivity contribution >= 4 is 22.6 Å². The van der Waals surface area contributed by atoms with Gasteiger partial charge < -0.3 is 19.8 Å². The summed E-state index contributed by atoms with van der Waals surface area (Å²) in [6.45, 7) is 1.42. The van der Waals surface area contributed by atoms with Crippen LogP contribution in [0.2, 0.25) is 0 Å². The number of nitrogens with zero attached hydrogens (tertiary/aromatic N) is 1. The molecule has 0 spiro atoms. The van der Waals surface area contributed by atoms with Crippen LogP contribution in [-0.4, -0.2) is 24.3 Å². The zero-order valence-electron chi connectivity index (χ0n) is 15.2. The number of carbonyl (C=O) groups excluding carboxylic acids is 1. The van der Waals surface area contributed by atoms with E-state index in [1.807, 2.05) is 0 Å². The van der Waals surface area contributed by atoms with Crippen molar-refractivity contribution in [3.05, 3.63) is 63.5 Å². The Morgan fingerprint density at radius 2 is 1.79 bits per heavy atom. The minimum atomic E-state index is -1.44. The zero-order chi connectivity index (χ0) is 21.5. The van der Waals surface area contributed by atoms with Gasteiger partial charge in [-0.1, -0.05) is 0 Å². The van der Waals surface area contributed by atoms with Crippen LogP contribution in [0.25, 0.3) is 16.6 Å². The number of ether oxygens (including phenoxy) is 2. The first kappa shape index (κ1) is 20.2. The number of esters is 1. The van der Waals surface area contributed by atoms with Crippen LogP contribution in [0.5, 0.6) is 5.75 Å². The summed E-state index contributed by atoms with van der Waals surface area (Å²) in [7, 11) is 1.01. The fourth-order valence-electron chi connectivity index (χ4n) is 2.87. The maximum atomic E-state index is 14.5. The number of anilines is 1. The number of aromatic nitrogens is 1. The third kappa shape index (κ3) is 3.26. The Bertz CT molecular complexity index is 1210. The number of fused-ring (bicyclic) bond motifs is 1. The molecule has 0 aliphatic carbocycles. The van der Waals surface area contributed by atoms with Crippen LogP contribution >= 0.6 is 0 Å². The standard InChI is InChI=1S/C19H14F4N2O4/c1-3-29-19(27)9-7-25(14-6-13(24)10(20)5-11(14)21)16-8(17(9)26)4-12(22)15(23)18(16)28-2/h4-7H,3,24H2,1-2H3. The lowest BCUT2D eigenvalue weighted by molar-refractivity contribution is 0.0524. The van der Waals surface area contributed by atoms with Crippen molar-refractivity contribution in [3.8, 4) is 11.4 Å². The van der Waals surface area contributed by atoms with Gasteiger partial charge in [-0.2, -0.15) is 4.39 Å². The van der Waals surface area contributed by atoms with E-state index in [4.69, 9.17) is 15.2 Å². The Morgan fingerprint density at radius 1 is 1.10 bits per heavy atom. The van der Waals surface area contributed by atoms with Gasteiger partial charge in [0, 0.05) is 12.3 Å². The summed E-state index contributed by atoms with van der Waals surface area (Å²) in [6.07, 6.45) is 0.873. The van der Waals surface area contributed by atoms with E-state index >= 15 is 0 Å². The minimum Gasteiger partial charge on any atom is -0.491 e. The quantitative estimate of drug-likeness (QED) is 0.405. The summed E-state index contributed by atoms with van der Waals surface area (Å²) in [5, 5.41) is -0.478. The molecule has 0 saturated carbocycles. The van der Waals surface area contributed by atoms with E-state index in [-0.39, 0.29) is 12.1 Å². The van der Waals surface area contributed by atoms with Crippen LogP contribution in [0.15, 0.2) is 29.2 Å². The number of hydrogen-bond donors (Lipinski definition) is 1. The molecule has 0 radical (unpaired) electrons. The van der Waals surface area contributed by atoms with Gasteiger partial charge in [0.15, 0.2) is 11.6 Å². The molecule has 1 heterocycles. The van der Waals surface area contributed by atoms with Crippen LogP contribution < -0.4 is 15.9 Å². The molecule has 0 amide bonds. The molecule has 2 N–H and O–H groups in total. The van der Waals surface area contributed by atoms with E-state index in [9.17, 15) is 27.2 Å². The zero-order valence-corrected chi connectivity index (χ0v) is 15.2. The number of rotatable bonds is 4. The highest BCUT2D eigenvalue weighted by Crippen LogP contribution is 2.33. The monoisotopic (exact) mass is 410 g/mol. The maximum Gasteiger partial charge on any atom is 0.343 e. The summed E-state index contributed by atoms with van der Waals surface area (Å²) in [5.74, 6) is -6.82. The summed E-state index contributed by atoms with van der Waals surface area (Å²) in [5.41, 5.74) is 2.68. The first-order valence-corrected chi connectivity index (χ1v) is 8.24. The molecule has 29 heavy (non-hydrogen) atoms. The molecule has 0 aliphatic heterocycles. The van der Waals surface area contributed by atoms with Gasteiger partial charge in [-0.3, -0.25) is 4.79 Å². The number of nitrogens with two attached hydrogens (primary N) is 1. The number of pyridine rings is 1. The van der Waals surface area contributed by atoms with Gasteiger partial charge >= 0.3 is 5.97 Å². The molecule has 10 heteroatoms. The Balaban J connectivity index is 2.55. The summed E-state index contributed by atoms with van der Waals surface area (Å²) < 4.78 is 67.0. The first-order valence-electron chi connectivity index (χ1n) is 8.24. The van der Waals surface area contributed by atoms with E-state index in [0.29, 0.717) is 12.1 Å². The van der Waals surface area contributed by atoms with Crippen molar-refractivity contribution in [2.75, 3.05) is 19.5 Å². The molecule has 1 aromatic heterocycles. The SMILES string of the molecule is CCOC(=O)c1cn(-c2cc(N)c(F)cc2F)c2c(OC)c(F)c(F)cc2c1=O. The Hall–Kier alpha value is -3.56. The lowest BCUT2D eigenvalue weighted by atomic mass is 10.1. The lowest BCUT2D eigenvalue weighted by Crippen LogP contribution is -2.22. The van der Waals surface area contributed by atoms with Crippen molar-refractivity contribution in [2.45, 2.75) is 6.92 Å². The number of carbonyl (C=O) groups is 1. The number of halogens is 4. The maximum absolute atomic E-state index is 14.5. The van der Waals surface area contributed by atoms with Crippen LogP contribution in [0.1, 0.15) is 17.3 Å². The highest BCUT2D eigenvalue weighted by Gasteiger charge is 2.25. The van der Waals surface area contributed by atoms with Crippen LogP contribution in [0.3, 0.4) is 0 Å². The molecule has 0 fully saturated rings. The second-order valence-corrected chi connectivity index (χ2v) is 5.89. The number of nitrogen functional groups attached to an aromatic ring is 1. The normalized spacial score (nSPS) is 11.0. The fraction of sp³-hybridized carbons (Fsp3) is 0.158. The first-order chi connectivity index (χ1) is 13.7. The average Bonchev–Trinajstić information content (AvgIpc) is 2.67. The molecular formula is C19H14F4N2O4. The topological polar surface area (TPSA) is 83.6 Å². The van der Waals surface area contributed by atoms with Crippen molar-refractivity contribution in [1.82, 2.24) is 4.57 Å². The third-order valence-corrected chi connectivity index (χ3v) is 4.16. The second-order valence-electron chi connectivity index (χ2n) is 5.89. The van der Waals surface area contributed by atoms with Crippen molar-refractivity contribution in [3.63, 3.8) is 0 Å². The largest absolute Gasteiger partial charge is 0.491 e. The van der Waals surface area contributed by atoms with Gasteiger partial charge in [0.2, 0.25) is 11.2 Å². The molecule has 0 unspecified atom stereocenters. The molecule has 152 valence electrons. The van der Waals surface area contributed by atoms with Crippen molar-refractivity contribution < 1.29 is 31.8 Å². The Morgan fingerprint density at radius 3 is 2.41 bits per heavy atom. The molecular weight excluding hydrogens is 396 g/mol. The summed E-state index contributed by atoms with van der Waals surface area (Å²) in [6, 6.07) is 1.91. The van der Waals surface area contributed by atoms with E-state index in [0.717, 1.165) is 23.9 Å². The average molecular weight is 410 g/mol. The predicted octanol–water partition coefficient (Wildman–Crippen LogP) is 3.31. The van der Waals surface area contributed by atoms with E-state index < -0.39 is 62.7 Å². The lowest BCUT2D eigenvalue weighted by Gasteiger charge is -2.17. The molecule has 0 atom stereocenters. The molecule has 2 aromatic carbocycles. The van der Waals surface area contributed by atoms with E-state index in [1.165, 1.54) is 6.92 Å². The van der Waals surface area contributed by atoms with E-state index in [2.05, 4.69) is 0 Å². The van der Waals surface area contributed by atoms with Gasteiger partial charge in [-0.25, -0.2) is 18.0 Å². The molecule has 0 aliphatic rings. The minimum absolute atomic E-state index is 0.0741. The van der Waals surface area contributed by atoms with Gasteiger partial charge in [-0.05, 0) is 19.1 Å². The van der Waals surface area contributed by atoms with Crippen molar-refractivity contribution in [2.24, 2.45) is 0 Å². The van der Waals surface area contributed by atoms with Gasteiger partial charge in [-0.15, -0.1) is 0 Å². The molecule has 0 saturated heterocycles. The molecule has 6 nitrogen and oxygen atoms in total. The Kier molecular flexibility index (Phi) is 5.19. The highest BCUT2D eigenvalue weighted by atomic mass is 19.2. The van der Waals surface area contributed by atoms with Gasteiger partial charge in [0.1, 0.15) is 22.7 Å². The number of benzene rings is 2. The van der Waals surface area contributed by atoms with E-state index in [1.54, 1.807) is 0 Å². The third-order valence-electron chi connectivity index (χ3n) is 4.16. The van der Waals surface area contributed by atoms with Crippen LogP contribution in [-0.2, 0) is 4.74 Å². The molecule has 3 rings (SSSR count). The summed E-state index contributed by atoms with van der Waals surface area (Å²) in [4.78, 5) is 24.9. The summed E-state index contributed by atoms with van der Waals surface area (Å²) >= 11 is 0. The van der Waals surface area contributed by atoms with Crippen molar-refractivity contribution in [1.29, 1.82) is 0 Å². The Labute approximate surface area is 161 Å². The van der Waals surface area contributed by atoms with Crippen LogP contribution in [0.4, 0.5) is 23.2 Å². The van der Waals surface area contributed by atoms with Gasteiger partial charge in [0.25, 0.3) is 0 Å². The molecule has 3 aromatic rings. The van der Waals surface area contributed by atoms with Gasteiger partial charge in [0.05, 0.1) is 30.5 Å².